The van der Waals surface area contributed by atoms with Gasteiger partial charge >= 0.3 is 0 Å². The summed E-state index contributed by atoms with van der Waals surface area (Å²) in [5, 5.41) is 9.37. The first kappa shape index (κ1) is 14.7. The van der Waals surface area contributed by atoms with Crippen molar-refractivity contribution < 1.29 is 14.6 Å². The van der Waals surface area contributed by atoms with E-state index >= 15 is 0 Å². The number of amides is 1. The second kappa shape index (κ2) is 6.13. The number of aromatic hydroxyl groups is 1. The molecule has 0 aromatic heterocycles. The van der Waals surface area contributed by atoms with Crippen molar-refractivity contribution in [2.75, 3.05) is 18.8 Å². The number of morpholine rings is 1. The van der Waals surface area contributed by atoms with Crippen LogP contribution < -0.4 is 5.73 Å². The van der Waals surface area contributed by atoms with Crippen LogP contribution in [-0.2, 0) is 16.0 Å². The van der Waals surface area contributed by atoms with E-state index in [9.17, 15) is 9.90 Å². The van der Waals surface area contributed by atoms with Crippen LogP contribution in [0, 0.1) is 0 Å². The van der Waals surface area contributed by atoms with Crippen LogP contribution in [-0.4, -0.2) is 41.2 Å². The maximum Gasteiger partial charge on any atom is 0.223 e. The van der Waals surface area contributed by atoms with Gasteiger partial charge in [0.25, 0.3) is 0 Å². The summed E-state index contributed by atoms with van der Waals surface area (Å²) in [7, 11) is 0. The maximum absolute atomic E-state index is 12.2. The predicted octanol–water partition coefficient (Wildman–Crippen LogP) is 1.54. The lowest BCUT2D eigenvalue weighted by atomic mass is 10.1. The molecule has 0 radical (unpaired) electrons. The van der Waals surface area contributed by atoms with Crippen LogP contribution in [0.2, 0.25) is 0 Å². The third-order valence-electron chi connectivity index (χ3n) is 3.49. The average Bonchev–Trinajstić information content (AvgIpc) is 2.38. The van der Waals surface area contributed by atoms with Crippen molar-refractivity contribution in [2.24, 2.45) is 0 Å². The van der Waals surface area contributed by atoms with Crippen LogP contribution in [0.5, 0.6) is 5.75 Å². The van der Waals surface area contributed by atoms with Crippen LogP contribution in [0.3, 0.4) is 0 Å². The first-order chi connectivity index (χ1) is 9.45. The Bertz CT molecular complexity index is 480. The zero-order valence-electron chi connectivity index (χ0n) is 12.0. The number of benzene rings is 1. The smallest absolute Gasteiger partial charge is 0.223 e. The van der Waals surface area contributed by atoms with Gasteiger partial charge in [0.1, 0.15) is 5.75 Å². The van der Waals surface area contributed by atoms with Crippen molar-refractivity contribution in [3.05, 3.63) is 23.8 Å². The molecule has 1 aliphatic rings. The fourth-order valence-corrected chi connectivity index (χ4v) is 2.55. The Morgan fingerprint density at radius 1 is 1.40 bits per heavy atom. The molecule has 1 amide bonds. The van der Waals surface area contributed by atoms with Crippen LogP contribution in [0.1, 0.15) is 25.8 Å². The van der Waals surface area contributed by atoms with Gasteiger partial charge in [-0.3, -0.25) is 4.79 Å². The fourth-order valence-electron chi connectivity index (χ4n) is 2.55. The monoisotopic (exact) mass is 278 g/mol. The highest BCUT2D eigenvalue weighted by molar-refractivity contribution is 5.76. The summed E-state index contributed by atoms with van der Waals surface area (Å²) in [6, 6.07) is 5.07. The molecule has 0 aliphatic carbocycles. The van der Waals surface area contributed by atoms with Crippen LogP contribution in [0.15, 0.2) is 18.2 Å². The van der Waals surface area contributed by atoms with Crippen LogP contribution in [0.25, 0.3) is 0 Å². The second-order valence-electron chi connectivity index (χ2n) is 5.45. The molecule has 5 heteroatoms. The van der Waals surface area contributed by atoms with Gasteiger partial charge in [-0.25, -0.2) is 0 Å². The number of phenols is 1. The Kier molecular flexibility index (Phi) is 4.49. The zero-order valence-corrected chi connectivity index (χ0v) is 12.0. The van der Waals surface area contributed by atoms with Gasteiger partial charge in [-0.15, -0.1) is 0 Å². The molecule has 1 saturated heterocycles. The molecule has 0 spiro atoms. The first-order valence-electron chi connectivity index (χ1n) is 6.96. The number of nitrogens with zero attached hydrogens (tertiary/aromatic N) is 1. The topological polar surface area (TPSA) is 75.8 Å². The van der Waals surface area contributed by atoms with Crippen LogP contribution >= 0.6 is 0 Å². The third-order valence-corrected chi connectivity index (χ3v) is 3.49. The largest absolute Gasteiger partial charge is 0.506 e. The predicted molar refractivity (Wildman–Crippen MR) is 77.4 cm³/mol. The molecule has 1 fully saturated rings. The van der Waals surface area contributed by atoms with E-state index in [4.69, 9.17) is 10.5 Å². The van der Waals surface area contributed by atoms with E-state index in [1.165, 1.54) is 0 Å². The molecule has 1 heterocycles. The van der Waals surface area contributed by atoms with Gasteiger partial charge in [-0.2, -0.15) is 0 Å². The summed E-state index contributed by atoms with van der Waals surface area (Å²) >= 11 is 0. The Labute approximate surface area is 119 Å². The van der Waals surface area contributed by atoms with Crippen molar-refractivity contribution in [1.82, 2.24) is 4.90 Å². The van der Waals surface area contributed by atoms with Gasteiger partial charge in [0.2, 0.25) is 5.91 Å². The van der Waals surface area contributed by atoms with Gasteiger partial charge in [-0.05, 0) is 38.0 Å². The van der Waals surface area contributed by atoms with Crippen molar-refractivity contribution in [3.8, 4) is 5.75 Å². The number of carbonyl (C=O) groups is 1. The average molecular weight is 278 g/mol. The lowest BCUT2D eigenvalue weighted by Gasteiger charge is -2.35. The number of aryl methyl sites for hydroxylation is 1. The number of nitrogen functional groups attached to an aromatic ring is 1. The van der Waals surface area contributed by atoms with E-state index in [2.05, 4.69) is 0 Å². The molecular weight excluding hydrogens is 256 g/mol. The number of anilines is 1. The Morgan fingerprint density at radius 3 is 2.65 bits per heavy atom. The van der Waals surface area contributed by atoms with Crippen molar-refractivity contribution in [3.63, 3.8) is 0 Å². The van der Waals surface area contributed by atoms with Crippen molar-refractivity contribution in [1.29, 1.82) is 0 Å². The molecule has 2 rings (SSSR count). The highest BCUT2D eigenvalue weighted by Crippen LogP contribution is 2.21. The standard InChI is InChI=1S/C15H22N2O3/c1-10-8-17(9-11(2)20-10)15(19)6-4-12-3-5-14(18)13(16)7-12/h3,5,7,10-11,18H,4,6,8-9,16H2,1-2H3. The van der Waals surface area contributed by atoms with Crippen molar-refractivity contribution >= 4 is 11.6 Å². The highest BCUT2D eigenvalue weighted by Gasteiger charge is 2.25. The van der Waals surface area contributed by atoms with Gasteiger partial charge in [0.15, 0.2) is 0 Å². The Balaban J connectivity index is 1.89. The molecule has 5 nitrogen and oxygen atoms in total. The van der Waals surface area contributed by atoms with Gasteiger partial charge in [0, 0.05) is 19.5 Å². The molecule has 110 valence electrons. The number of phenolic OH excluding ortho intramolecular Hbond substituents is 1. The first-order valence-corrected chi connectivity index (χ1v) is 6.96. The molecule has 2 unspecified atom stereocenters. The number of hydrogen-bond donors (Lipinski definition) is 2. The number of carbonyl (C=O) groups excluding carboxylic acids is 1. The fraction of sp³-hybridized carbons (Fsp3) is 0.533. The molecular formula is C15H22N2O3. The minimum atomic E-state index is 0.0795. The van der Waals surface area contributed by atoms with Crippen LogP contribution in [0.4, 0.5) is 5.69 Å². The Hall–Kier alpha value is -1.75. The maximum atomic E-state index is 12.2. The van der Waals surface area contributed by atoms with Gasteiger partial charge in [0.05, 0.1) is 17.9 Å². The van der Waals surface area contributed by atoms with E-state index in [1.807, 2.05) is 18.7 Å². The Morgan fingerprint density at radius 2 is 2.05 bits per heavy atom. The summed E-state index contributed by atoms with van der Waals surface area (Å²) in [6.45, 7) is 5.27. The molecule has 3 N–H and O–H groups in total. The third kappa shape index (κ3) is 3.63. The number of rotatable bonds is 3. The molecule has 2 atom stereocenters. The molecule has 1 aromatic carbocycles. The molecule has 1 aliphatic heterocycles. The SMILES string of the molecule is CC1CN(C(=O)CCc2ccc(O)c(N)c2)CC(C)O1. The summed E-state index contributed by atoms with van der Waals surface area (Å²) in [5.74, 6) is 0.217. The zero-order chi connectivity index (χ0) is 14.7. The minimum absolute atomic E-state index is 0.0795. The van der Waals surface area contributed by atoms with E-state index < -0.39 is 0 Å². The summed E-state index contributed by atoms with van der Waals surface area (Å²) in [4.78, 5) is 14.1. The number of nitrogens with two attached hydrogens (primary N) is 1. The number of hydrogen-bond acceptors (Lipinski definition) is 4. The number of ether oxygens (including phenoxy) is 1. The van der Waals surface area contributed by atoms with Gasteiger partial charge < -0.3 is 20.5 Å². The second-order valence-corrected chi connectivity index (χ2v) is 5.45. The molecule has 0 saturated carbocycles. The minimum Gasteiger partial charge on any atom is -0.506 e. The van der Waals surface area contributed by atoms with E-state index in [0.717, 1.165) is 5.56 Å². The lowest BCUT2D eigenvalue weighted by Crippen LogP contribution is -2.48. The van der Waals surface area contributed by atoms with E-state index in [1.54, 1.807) is 18.2 Å². The molecule has 20 heavy (non-hydrogen) atoms. The highest BCUT2D eigenvalue weighted by atomic mass is 16.5. The van der Waals surface area contributed by atoms with E-state index in [0.29, 0.717) is 31.6 Å². The lowest BCUT2D eigenvalue weighted by molar-refractivity contribution is -0.143. The normalized spacial score (nSPS) is 22.8. The van der Waals surface area contributed by atoms with E-state index in [-0.39, 0.29) is 23.9 Å². The molecule has 1 aromatic rings. The summed E-state index contributed by atoms with van der Waals surface area (Å²) < 4.78 is 5.62. The summed E-state index contributed by atoms with van der Waals surface area (Å²) in [5.41, 5.74) is 6.96. The quantitative estimate of drug-likeness (QED) is 0.649. The van der Waals surface area contributed by atoms with Crippen molar-refractivity contribution in [2.45, 2.75) is 38.9 Å². The molecule has 0 bridgehead atoms. The summed E-state index contributed by atoms with van der Waals surface area (Å²) in [6.07, 6.45) is 1.26. The van der Waals surface area contributed by atoms with Gasteiger partial charge in [-0.1, -0.05) is 6.07 Å².